The van der Waals surface area contributed by atoms with Crippen molar-refractivity contribution in [2.75, 3.05) is 24.1 Å². The van der Waals surface area contributed by atoms with Crippen LogP contribution in [0, 0.1) is 11.3 Å². The zero-order chi connectivity index (χ0) is 31.5. The summed E-state index contributed by atoms with van der Waals surface area (Å²) in [6.45, 7) is 2.10. The summed E-state index contributed by atoms with van der Waals surface area (Å²) in [5.41, 5.74) is 12.4. The highest BCUT2D eigenvalue weighted by molar-refractivity contribution is 5.84. The van der Waals surface area contributed by atoms with Crippen LogP contribution in [0.1, 0.15) is 29.9 Å². The van der Waals surface area contributed by atoms with Crippen LogP contribution >= 0.6 is 0 Å². The topological polar surface area (TPSA) is 147 Å². The number of aromatic nitrogens is 7. The molecule has 5 aromatic heterocycles. The highest BCUT2D eigenvalue weighted by Gasteiger charge is 2.21. The largest absolute Gasteiger partial charge is 0.383 e. The first-order valence-corrected chi connectivity index (χ1v) is 15.0. The summed E-state index contributed by atoms with van der Waals surface area (Å²) in [4.78, 5) is 29.0. The van der Waals surface area contributed by atoms with Crippen LogP contribution in [-0.2, 0) is 13.2 Å². The number of nitrogens with two attached hydrogens (primary N) is 1. The molecule has 0 aliphatic carbocycles. The summed E-state index contributed by atoms with van der Waals surface area (Å²) in [5, 5.41) is 12.5. The van der Waals surface area contributed by atoms with Gasteiger partial charge in [0.15, 0.2) is 11.5 Å². The lowest BCUT2D eigenvalue weighted by Gasteiger charge is -2.32. The molecule has 0 amide bonds. The van der Waals surface area contributed by atoms with Gasteiger partial charge in [0.25, 0.3) is 0 Å². The molecule has 0 saturated carbocycles. The average Bonchev–Trinajstić information content (AvgIpc) is 3.48. The fourth-order valence-corrected chi connectivity index (χ4v) is 5.75. The summed E-state index contributed by atoms with van der Waals surface area (Å²) in [6.07, 6.45) is 6.85. The Labute approximate surface area is 264 Å². The van der Waals surface area contributed by atoms with E-state index in [1.807, 2.05) is 41.0 Å². The lowest BCUT2D eigenvalue weighted by atomic mass is 10.0. The van der Waals surface area contributed by atoms with Crippen molar-refractivity contribution in [3.8, 4) is 34.4 Å². The van der Waals surface area contributed by atoms with Crippen LogP contribution in [0.5, 0.6) is 0 Å². The van der Waals surface area contributed by atoms with Gasteiger partial charge < -0.3 is 11.1 Å². The van der Waals surface area contributed by atoms with E-state index in [2.05, 4.69) is 54.4 Å². The number of pyridine rings is 3. The molecule has 0 atom stereocenters. The van der Waals surface area contributed by atoms with E-state index in [1.54, 1.807) is 30.7 Å². The molecule has 3 N–H and O–H groups in total. The molecule has 7 rings (SSSR count). The number of hydrogen-bond donors (Lipinski definition) is 2. The van der Waals surface area contributed by atoms with Gasteiger partial charge in [-0.2, -0.15) is 5.26 Å². The molecular formula is C34H30FN11. The molecule has 1 aromatic carbocycles. The van der Waals surface area contributed by atoms with Crippen molar-refractivity contribution in [3.05, 3.63) is 102 Å². The molecule has 46 heavy (non-hydrogen) atoms. The Morgan fingerprint density at radius 2 is 1.76 bits per heavy atom. The molecule has 0 bridgehead atoms. The third kappa shape index (κ3) is 5.96. The second kappa shape index (κ2) is 12.7. The van der Waals surface area contributed by atoms with Gasteiger partial charge in [-0.3, -0.25) is 14.5 Å². The number of halogens is 1. The molecule has 0 spiro atoms. The minimum absolute atomic E-state index is 0.170. The molecule has 1 saturated heterocycles. The van der Waals surface area contributed by atoms with Gasteiger partial charge in [-0.25, -0.2) is 29.3 Å². The highest BCUT2D eigenvalue weighted by atomic mass is 19.1. The maximum absolute atomic E-state index is 13.1. The molecule has 1 fully saturated rings. The number of nitrogens with one attached hydrogen (secondary N) is 1. The average molecular weight is 612 g/mol. The molecule has 0 unspecified atom stereocenters. The Bertz CT molecular complexity index is 2030. The summed E-state index contributed by atoms with van der Waals surface area (Å²) < 4.78 is 15.1. The summed E-state index contributed by atoms with van der Waals surface area (Å²) in [5.74, 6) is 1.88. The maximum atomic E-state index is 13.1. The Kier molecular flexibility index (Phi) is 7.97. The first-order valence-electron chi connectivity index (χ1n) is 15.0. The minimum atomic E-state index is -0.615. The highest BCUT2D eigenvalue weighted by Crippen LogP contribution is 2.32. The molecule has 12 heteroatoms. The standard InChI is InChI=1S/C34H30FN11/c35-18-25-6-5-23(20-40-25)28-9-10-29-34(42-28)46(33(43-29)27-2-1-14-39-32(27)37)26-7-3-22(4-8-26)21-45-16-12-24(13-17-45)41-30-11-15-38-31(19-36)44-30/h1-11,14-15,20,24H,12-13,16-18,21H2,(H2,37,39)(H,38,41,44). The monoisotopic (exact) mass is 611 g/mol. The van der Waals surface area contributed by atoms with Gasteiger partial charge in [-0.05, 0) is 73.0 Å². The van der Waals surface area contributed by atoms with Gasteiger partial charge in [0.05, 0.1) is 17.0 Å². The second-order valence-electron chi connectivity index (χ2n) is 11.2. The van der Waals surface area contributed by atoms with Crippen molar-refractivity contribution in [2.45, 2.75) is 32.1 Å². The van der Waals surface area contributed by atoms with Crippen LogP contribution in [0.2, 0.25) is 0 Å². The van der Waals surface area contributed by atoms with Gasteiger partial charge in [-0.1, -0.05) is 12.1 Å². The van der Waals surface area contributed by atoms with Crippen molar-refractivity contribution < 1.29 is 4.39 Å². The Morgan fingerprint density at radius 3 is 2.50 bits per heavy atom. The predicted octanol–water partition coefficient (Wildman–Crippen LogP) is 5.33. The third-order valence-corrected chi connectivity index (χ3v) is 8.14. The Morgan fingerprint density at radius 1 is 0.913 bits per heavy atom. The number of nitrogen functional groups attached to an aromatic ring is 1. The normalized spacial score (nSPS) is 13.9. The molecule has 6 heterocycles. The zero-order valence-corrected chi connectivity index (χ0v) is 24.9. The quantitative estimate of drug-likeness (QED) is 0.231. The van der Waals surface area contributed by atoms with Crippen molar-refractivity contribution in [3.63, 3.8) is 0 Å². The Balaban J connectivity index is 1.13. The molecule has 0 radical (unpaired) electrons. The fraction of sp³-hybridized carbons (Fsp3) is 0.206. The SMILES string of the molecule is N#Cc1nccc(NC2CCN(Cc3ccc(-n4c(-c5cccnc5N)nc5ccc(-c6ccc(CF)nc6)nc54)cc3)CC2)n1. The number of anilines is 2. The molecule has 1 aliphatic rings. The number of nitriles is 1. The number of benzene rings is 1. The van der Waals surface area contributed by atoms with Crippen molar-refractivity contribution >= 4 is 22.8 Å². The lowest BCUT2D eigenvalue weighted by molar-refractivity contribution is 0.211. The van der Waals surface area contributed by atoms with E-state index in [9.17, 15) is 4.39 Å². The Hall–Kier alpha value is -5.80. The summed E-state index contributed by atoms with van der Waals surface area (Å²) in [7, 11) is 0. The summed E-state index contributed by atoms with van der Waals surface area (Å²) >= 11 is 0. The number of fused-ring (bicyclic) bond motifs is 1. The van der Waals surface area contributed by atoms with Crippen LogP contribution < -0.4 is 11.1 Å². The first kappa shape index (κ1) is 28.9. The first-order chi connectivity index (χ1) is 22.6. The predicted molar refractivity (Wildman–Crippen MR) is 173 cm³/mol. The molecule has 11 nitrogen and oxygen atoms in total. The number of alkyl halides is 1. The number of likely N-dealkylation sites (tertiary alicyclic amines) is 1. The number of hydrogen-bond acceptors (Lipinski definition) is 10. The van der Waals surface area contributed by atoms with E-state index in [0.29, 0.717) is 51.6 Å². The number of imidazole rings is 1. The van der Waals surface area contributed by atoms with Crippen LogP contribution in [-0.4, -0.2) is 58.5 Å². The summed E-state index contributed by atoms with van der Waals surface area (Å²) in [6, 6.07) is 23.6. The van der Waals surface area contributed by atoms with Crippen LogP contribution in [0.3, 0.4) is 0 Å². The maximum Gasteiger partial charge on any atom is 0.234 e. The van der Waals surface area contributed by atoms with E-state index in [-0.39, 0.29) is 5.82 Å². The van der Waals surface area contributed by atoms with Gasteiger partial charge >= 0.3 is 0 Å². The van der Waals surface area contributed by atoms with E-state index in [0.717, 1.165) is 43.7 Å². The van der Waals surface area contributed by atoms with Gasteiger partial charge in [0, 0.05) is 55.5 Å². The van der Waals surface area contributed by atoms with E-state index < -0.39 is 6.67 Å². The number of rotatable bonds is 8. The van der Waals surface area contributed by atoms with Crippen molar-refractivity contribution in [1.82, 2.24) is 39.4 Å². The second-order valence-corrected chi connectivity index (χ2v) is 11.2. The van der Waals surface area contributed by atoms with E-state index >= 15 is 0 Å². The lowest BCUT2D eigenvalue weighted by Crippen LogP contribution is -2.38. The molecule has 228 valence electrons. The van der Waals surface area contributed by atoms with Crippen molar-refractivity contribution in [1.29, 1.82) is 5.26 Å². The number of piperidine rings is 1. The smallest absolute Gasteiger partial charge is 0.234 e. The van der Waals surface area contributed by atoms with Gasteiger partial charge in [-0.15, -0.1) is 0 Å². The molecule has 6 aromatic rings. The third-order valence-electron chi connectivity index (χ3n) is 8.14. The van der Waals surface area contributed by atoms with Crippen LogP contribution in [0.25, 0.3) is 39.5 Å². The van der Waals surface area contributed by atoms with Crippen LogP contribution in [0.4, 0.5) is 16.0 Å². The molecular weight excluding hydrogens is 581 g/mol. The van der Waals surface area contributed by atoms with Crippen LogP contribution in [0.15, 0.2) is 85.3 Å². The fourth-order valence-electron chi connectivity index (χ4n) is 5.75. The van der Waals surface area contributed by atoms with E-state index in [4.69, 9.17) is 21.0 Å². The van der Waals surface area contributed by atoms with E-state index in [1.165, 1.54) is 5.56 Å². The minimum Gasteiger partial charge on any atom is -0.383 e. The van der Waals surface area contributed by atoms with Gasteiger partial charge in [0.1, 0.15) is 29.9 Å². The molecule has 1 aliphatic heterocycles. The van der Waals surface area contributed by atoms with Gasteiger partial charge in [0.2, 0.25) is 5.82 Å². The zero-order valence-electron chi connectivity index (χ0n) is 24.9. The number of nitrogens with zero attached hydrogens (tertiary/aromatic N) is 9. The van der Waals surface area contributed by atoms with Crippen molar-refractivity contribution in [2.24, 2.45) is 0 Å².